The van der Waals surface area contributed by atoms with Crippen LogP contribution in [0.15, 0.2) is 29.4 Å². The molecule has 0 aliphatic heterocycles. The number of tetrazole rings is 1. The van der Waals surface area contributed by atoms with E-state index in [2.05, 4.69) is 20.8 Å². The van der Waals surface area contributed by atoms with Gasteiger partial charge >= 0.3 is 0 Å². The smallest absolute Gasteiger partial charge is 0.253 e. The van der Waals surface area contributed by atoms with E-state index < -0.39 is 0 Å². The lowest BCUT2D eigenvalue weighted by molar-refractivity contribution is -0.118. The molecule has 1 aliphatic rings. The average molecular weight is 417 g/mol. The largest absolute Gasteiger partial charge is 0.351 e. The fourth-order valence-electron chi connectivity index (χ4n) is 3.24. The van der Waals surface area contributed by atoms with Crippen molar-refractivity contribution >= 4 is 23.6 Å². The van der Waals surface area contributed by atoms with Crippen molar-refractivity contribution < 1.29 is 9.59 Å². The molecule has 156 valence electrons. The third kappa shape index (κ3) is 5.56. The van der Waals surface area contributed by atoms with Crippen LogP contribution >= 0.6 is 11.8 Å². The van der Waals surface area contributed by atoms with E-state index in [1.54, 1.807) is 24.1 Å². The van der Waals surface area contributed by atoms with E-state index in [4.69, 9.17) is 0 Å². The second-order valence-corrected chi connectivity index (χ2v) is 8.56. The minimum Gasteiger partial charge on any atom is -0.351 e. The van der Waals surface area contributed by atoms with Crippen LogP contribution in [0.4, 0.5) is 0 Å². The van der Waals surface area contributed by atoms with Crippen molar-refractivity contribution in [2.75, 3.05) is 12.8 Å². The van der Waals surface area contributed by atoms with Crippen molar-refractivity contribution in [1.29, 1.82) is 0 Å². The van der Waals surface area contributed by atoms with Gasteiger partial charge in [-0.05, 0) is 54.8 Å². The highest BCUT2D eigenvalue weighted by atomic mass is 32.2. The zero-order valence-electron chi connectivity index (χ0n) is 17.2. The van der Waals surface area contributed by atoms with Gasteiger partial charge in [0.2, 0.25) is 11.1 Å². The molecule has 0 bridgehead atoms. The van der Waals surface area contributed by atoms with Crippen LogP contribution in [0, 0.1) is 0 Å². The minimum absolute atomic E-state index is 0.00744. The maximum atomic E-state index is 12.3. The summed E-state index contributed by atoms with van der Waals surface area (Å²) in [6, 6.07) is 7.84. The fourth-order valence-corrected chi connectivity index (χ4v) is 4.02. The number of thioether (sulfide) groups is 1. The van der Waals surface area contributed by atoms with Crippen molar-refractivity contribution in [3.8, 4) is 0 Å². The predicted octanol–water partition coefficient (Wildman–Crippen LogP) is 2.68. The van der Waals surface area contributed by atoms with Gasteiger partial charge in [-0.2, -0.15) is 0 Å². The number of amides is 2. The lowest BCUT2D eigenvalue weighted by Gasteiger charge is -2.21. The van der Waals surface area contributed by atoms with Crippen LogP contribution < -0.4 is 5.32 Å². The molecule has 1 fully saturated rings. The SMILES string of the molecule is CC(C)N(C)C(=O)c1ccc(CNC(=O)CSc2nnnn2C2CCCC2)cc1. The van der Waals surface area contributed by atoms with E-state index >= 15 is 0 Å². The second-order valence-electron chi connectivity index (χ2n) is 7.62. The highest BCUT2D eigenvalue weighted by Crippen LogP contribution is 2.31. The standard InChI is InChI=1S/C20H28N6O2S/c1-14(2)25(3)19(28)16-10-8-15(9-11-16)12-21-18(27)13-29-20-22-23-24-26(20)17-6-4-5-7-17/h8-11,14,17H,4-7,12-13H2,1-3H3,(H,21,27). The van der Waals surface area contributed by atoms with Crippen molar-refractivity contribution in [3.63, 3.8) is 0 Å². The summed E-state index contributed by atoms with van der Waals surface area (Å²) in [5.74, 6) is 0.186. The van der Waals surface area contributed by atoms with E-state index in [1.165, 1.54) is 24.6 Å². The van der Waals surface area contributed by atoms with Crippen molar-refractivity contribution in [3.05, 3.63) is 35.4 Å². The molecule has 0 spiro atoms. The molecule has 9 heteroatoms. The summed E-state index contributed by atoms with van der Waals surface area (Å²) < 4.78 is 1.86. The highest BCUT2D eigenvalue weighted by Gasteiger charge is 2.22. The Labute approximate surface area is 175 Å². The first-order chi connectivity index (χ1) is 14.0. The van der Waals surface area contributed by atoms with Crippen LogP contribution in [0.1, 0.15) is 61.5 Å². The number of nitrogens with one attached hydrogen (secondary N) is 1. The number of hydrogen-bond acceptors (Lipinski definition) is 6. The minimum atomic E-state index is -0.0735. The maximum Gasteiger partial charge on any atom is 0.253 e. The molecule has 2 amide bonds. The molecule has 0 radical (unpaired) electrons. The van der Waals surface area contributed by atoms with Crippen LogP contribution in [0.3, 0.4) is 0 Å². The summed E-state index contributed by atoms with van der Waals surface area (Å²) in [7, 11) is 1.79. The number of rotatable bonds is 8. The summed E-state index contributed by atoms with van der Waals surface area (Å²) in [5.41, 5.74) is 1.59. The number of nitrogens with zero attached hydrogens (tertiary/aromatic N) is 5. The molecule has 1 aromatic heterocycles. The molecule has 1 aliphatic carbocycles. The van der Waals surface area contributed by atoms with Gasteiger partial charge in [0.15, 0.2) is 0 Å². The molecule has 0 unspecified atom stereocenters. The Morgan fingerprint density at radius 1 is 1.24 bits per heavy atom. The Bertz CT molecular complexity index is 830. The zero-order valence-corrected chi connectivity index (χ0v) is 18.0. The maximum absolute atomic E-state index is 12.3. The molecule has 1 saturated carbocycles. The van der Waals surface area contributed by atoms with Gasteiger partial charge < -0.3 is 10.2 Å². The second kappa shape index (κ2) is 9.87. The quantitative estimate of drug-likeness (QED) is 0.665. The number of carbonyl (C=O) groups excluding carboxylic acids is 2. The number of hydrogen-bond donors (Lipinski definition) is 1. The summed E-state index contributed by atoms with van der Waals surface area (Å²) >= 11 is 1.36. The summed E-state index contributed by atoms with van der Waals surface area (Å²) in [4.78, 5) is 26.2. The topological polar surface area (TPSA) is 93.0 Å². The third-order valence-corrected chi connectivity index (χ3v) is 6.18. The first-order valence-corrected chi connectivity index (χ1v) is 11.0. The Morgan fingerprint density at radius 3 is 2.59 bits per heavy atom. The van der Waals surface area contributed by atoms with Crippen LogP contribution in [0.5, 0.6) is 0 Å². The third-order valence-electron chi connectivity index (χ3n) is 5.25. The van der Waals surface area contributed by atoms with Gasteiger partial charge in [0, 0.05) is 25.2 Å². The van der Waals surface area contributed by atoms with Crippen LogP contribution in [-0.4, -0.2) is 55.8 Å². The normalized spacial score (nSPS) is 14.3. The van der Waals surface area contributed by atoms with E-state index in [0.29, 0.717) is 23.3 Å². The van der Waals surface area contributed by atoms with Gasteiger partial charge in [0.05, 0.1) is 11.8 Å². The number of carbonyl (C=O) groups is 2. The van der Waals surface area contributed by atoms with Gasteiger partial charge in [0.25, 0.3) is 5.91 Å². The van der Waals surface area contributed by atoms with Gasteiger partial charge in [-0.15, -0.1) is 5.10 Å². The van der Waals surface area contributed by atoms with Crippen LogP contribution in [0.2, 0.25) is 0 Å². The molecule has 2 aromatic rings. The van der Waals surface area contributed by atoms with Crippen molar-refractivity contribution in [2.24, 2.45) is 0 Å². The lowest BCUT2D eigenvalue weighted by Crippen LogP contribution is -2.32. The summed E-state index contributed by atoms with van der Waals surface area (Å²) in [6.07, 6.45) is 4.59. The Morgan fingerprint density at radius 2 is 1.93 bits per heavy atom. The first-order valence-electron chi connectivity index (χ1n) is 9.99. The molecule has 0 atom stereocenters. The predicted molar refractivity (Wildman–Crippen MR) is 112 cm³/mol. The molecule has 1 aromatic carbocycles. The van der Waals surface area contributed by atoms with Gasteiger partial charge in [-0.25, -0.2) is 4.68 Å². The first kappa shape index (κ1) is 21.3. The van der Waals surface area contributed by atoms with E-state index in [1.807, 2.05) is 30.7 Å². The zero-order chi connectivity index (χ0) is 20.8. The van der Waals surface area contributed by atoms with E-state index in [-0.39, 0.29) is 23.6 Å². The van der Waals surface area contributed by atoms with Crippen LogP contribution in [0.25, 0.3) is 0 Å². The molecule has 29 heavy (non-hydrogen) atoms. The summed E-state index contributed by atoms with van der Waals surface area (Å²) in [6.45, 7) is 4.37. The van der Waals surface area contributed by atoms with Gasteiger partial charge in [-0.3, -0.25) is 9.59 Å². The molecular weight excluding hydrogens is 388 g/mol. The Hall–Kier alpha value is -2.42. The van der Waals surface area contributed by atoms with E-state index in [0.717, 1.165) is 18.4 Å². The highest BCUT2D eigenvalue weighted by molar-refractivity contribution is 7.99. The number of aromatic nitrogens is 4. The molecule has 0 saturated heterocycles. The molecular formula is C20H28N6O2S. The monoisotopic (exact) mass is 416 g/mol. The molecule has 1 N–H and O–H groups in total. The van der Waals surface area contributed by atoms with E-state index in [9.17, 15) is 9.59 Å². The summed E-state index contributed by atoms with van der Waals surface area (Å²) in [5, 5.41) is 15.5. The van der Waals surface area contributed by atoms with Gasteiger partial charge in [-0.1, -0.05) is 36.7 Å². The molecule has 1 heterocycles. The van der Waals surface area contributed by atoms with Crippen LogP contribution in [-0.2, 0) is 11.3 Å². The Balaban J connectivity index is 1.46. The van der Waals surface area contributed by atoms with Gasteiger partial charge in [0.1, 0.15) is 0 Å². The Kier molecular flexibility index (Phi) is 7.24. The number of benzene rings is 1. The average Bonchev–Trinajstić information content (AvgIpc) is 3.41. The fraction of sp³-hybridized carbons (Fsp3) is 0.550. The van der Waals surface area contributed by atoms with Crippen molar-refractivity contribution in [1.82, 2.24) is 30.4 Å². The molecule has 3 rings (SSSR count). The molecule has 8 nitrogen and oxygen atoms in total. The van der Waals surface area contributed by atoms with Crippen molar-refractivity contribution in [2.45, 2.75) is 63.3 Å². The lowest BCUT2D eigenvalue weighted by atomic mass is 10.1.